The van der Waals surface area contributed by atoms with Gasteiger partial charge in [-0.05, 0) is 55.2 Å². The molecule has 0 spiro atoms. The van der Waals surface area contributed by atoms with Gasteiger partial charge in [-0.3, -0.25) is 4.79 Å². The van der Waals surface area contributed by atoms with E-state index in [0.717, 1.165) is 24.1 Å². The first-order valence-corrected chi connectivity index (χ1v) is 9.17. The molecule has 0 unspecified atom stereocenters. The van der Waals surface area contributed by atoms with E-state index in [9.17, 15) is 4.79 Å². The number of carbonyl (C=O) groups is 1. The number of carbonyl (C=O) groups excluding carboxylic acids is 1. The van der Waals surface area contributed by atoms with Gasteiger partial charge in [-0.25, -0.2) is 9.67 Å². The van der Waals surface area contributed by atoms with Gasteiger partial charge >= 0.3 is 0 Å². The van der Waals surface area contributed by atoms with E-state index in [1.54, 1.807) is 17.1 Å². The minimum atomic E-state index is -0.0465. The van der Waals surface area contributed by atoms with Gasteiger partial charge in [-0.1, -0.05) is 24.8 Å². The van der Waals surface area contributed by atoms with E-state index in [1.807, 2.05) is 48.7 Å². The molecule has 2 heterocycles. The predicted octanol–water partition coefficient (Wildman–Crippen LogP) is 3.34. The number of benzene rings is 1. The van der Waals surface area contributed by atoms with Gasteiger partial charge in [-0.15, -0.1) is 0 Å². The van der Waals surface area contributed by atoms with E-state index in [-0.39, 0.29) is 11.9 Å². The van der Waals surface area contributed by atoms with Crippen molar-refractivity contribution in [2.45, 2.75) is 31.7 Å². The number of hydrogen-bond donors (Lipinski definition) is 1. The van der Waals surface area contributed by atoms with E-state index in [2.05, 4.69) is 27.2 Å². The quantitative estimate of drug-likeness (QED) is 0.732. The molecule has 1 N–H and O–H groups in total. The van der Waals surface area contributed by atoms with Crippen LogP contribution in [-0.4, -0.2) is 26.7 Å². The molecule has 0 radical (unpaired) electrons. The zero-order chi connectivity index (χ0) is 18.5. The zero-order valence-electron chi connectivity index (χ0n) is 14.9. The normalized spacial score (nSPS) is 13.8. The summed E-state index contributed by atoms with van der Waals surface area (Å²) in [6.45, 7) is 0. The van der Waals surface area contributed by atoms with Crippen LogP contribution >= 0.6 is 0 Å². The first-order chi connectivity index (χ1) is 13.3. The maximum Gasteiger partial charge on any atom is 0.251 e. The SMILES string of the molecule is O=C(NC1CCCC1)c1ccc(-n2cccn2)c(C#Cc2ccccn2)c1. The van der Waals surface area contributed by atoms with Crippen LogP contribution in [0.15, 0.2) is 61.1 Å². The molecule has 1 saturated carbocycles. The van der Waals surface area contributed by atoms with Crippen molar-refractivity contribution in [1.29, 1.82) is 0 Å². The highest BCUT2D eigenvalue weighted by Gasteiger charge is 2.18. The fraction of sp³-hybridized carbons (Fsp3) is 0.227. The lowest BCUT2D eigenvalue weighted by Gasteiger charge is -2.13. The first-order valence-electron chi connectivity index (χ1n) is 9.17. The Bertz CT molecular complexity index is 978. The molecule has 0 aliphatic heterocycles. The predicted molar refractivity (Wildman–Crippen MR) is 104 cm³/mol. The van der Waals surface area contributed by atoms with Crippen molar-refractivity contribution < 1.29 is 4.79 Å². The lowest BCUT2D eigenvalue weighted by Crippen LogP contribution is -2.32. The lowest BCUT2D eigenvalue weighted by molar-refractivity contribution is 0.0938. The van der Waals surface area contributed by atoms with Gasteiger partial charge in [-0.2, -0.15) is 5.10 Å². The van der Waals surface area contributed by atoms with E-state index >= 15 is 0 Å². The van der Waals surface area contributed by atoms with Crippen LogP contribution in [0.2, 0.25) is 0 Å². The summed E-state index contributed by atoms with van der Waals surface area (Å²) in [5.74, 6) is 6.18. The number of nitrogens with zero attached hydrogens (tertiary/aromatic N) is 3. The molecule has 0 saturated heterocycles. The molecule has 5 nitrogen and oxygen atoms in total. The molecule has 5 heteroatoms. The zero-order valence-corrected chi connectivity index (χ0v) is 14.9. The monoisotopic (exact) mass is 356 g/mol. The summed E-state index contributed by atoms with van der Waals surface area (Å²) in [5.41, 5.74) is 2.87. The lowest BCUT2D eigenvalue weighted by atomic mass is 10.1. The smallest absolute Gasteiger partial charge is 0.251 e. The summed E-state index contributed by atoms with van der Waals surface area (Å²) < 4.78 is 1.75. The number of rotatable bonds is 3. The van der Waals surface area contributed by atoms with Crippen molar-refractivity contribution in [2.24, 2.45) is 0 Å². The molecular formula is C22H20N4O. The van der Waals surface area contributed by atoms with E-state index in [0.29, 0.717) is 11.3 Å². The van der Waals surface area contributed by atoms with Crippen LogP contribution in [0.1, 0.15) is 47.3 Å². The van der Waals surface area contributed by atoms with Crippen molar-refractivity contribution >= 4 is 5.91 Å². The van der Waals surface area contributed by atoms with Crippen LogP contribution in [0, 0.1) is 11.8 Å². The highest BCUT2D eigenvalue weighted by atomic mass is 16.1. The molecule has 0 atom stereocenters. The second-order valence-corrected chi connectivity index (χ2v) is 6.60. The van der Waals surface area contributed by atoms with Crippen molar-refractivity contribution in [3.63, 3.8) is 0 Å². The molecular weight excluding hydrogens is 336 g/mol. The van der Waals surface area contributed by atoms with Crippen LogP contribution < -0.4 is 5.32 Å². The summed E-state index contributed by atoms with van der Waals surface area (Å²) in [6, 6.07) is 13.3. The summed E-state index contributed by atoms with van der Waals surface area (Å²) in [4.78, 5) is 16.9. The first kappa shape index (κ1) is 17.0. The van der Waals surface area contributed by atoms with E-state index in [4.69, 9.17) is 0 Å². The minimum absolute atomic E-state index is 0.0465. The van der Waals surface area contributed by atoms with Gasteiger partial charge in [0.2, 0.25) is 0 Å². The molecule has 1 fully saturated rings. The number of nitrogens with one attached hydrogen (secondary N) is 1. The van der Waals surface area contributed by atoms with Gasteiger partial charge in [0, 0.05) is 30.2 Å². The maximum atomic E-state index is 12.6. The number of hydrogen-bond acceptors (Lipinski definition) is 3. The van der Waals surface area contributed by atoms with Crippen molar-refractivity contribution in [3.05, 3.63) is 77.9 Å². The average molecular weight is 356 g/mol. The van der Waals surface area contributed by atoms with Gasteiger partial charge in [0.15, 0.2) is 0 Å². The Kier molecular flexibility index (Phi) is 4.97. The Labute approximate surface area is 158 Å². The van der Waals surface area contributed by atoms with Crippen LogP contribution in [0.5, 0.6) is 0 Å². The summed E-state index contributed by atoms with van der Waals surface area (Å²) in [5, 5.41) is 7.42. The Morgan fingerprint density at radius 3 is 2.70 bits per heavy atom. The molecule has 1 aliphatic rings. The molecule has 1 aromatic carbocycles. The fourth-order valence-corrected chi connectivity index (χ4v) is 3.30. The molecule has 4 rings (SSSR count). The number of amides is 1. The van der Waals surface area contributed by atoms with Crippen LogP contribution in [0.25, 0.3) is 5.69 Å². The average Bonchev–Trinajstić information content (AvgIpc) is 3.41. The molecule has 27 heavy (non-hydrogen) atoms. The Balaban J connectivity index is 1.67. The molecule has 1 aliphatic carbocycles. The highest BCUT2D eigenvalue weighted by Crippen LogP contribution is 2.19. The van der Waals surface area contributed by atoms with Crippen LogP contribution in [0.4, 0.5) is 0 Å². The summed E-state index contributed by atoms with van der Waals surface area (Å²) in [6.07, 6.45) is 9.78. The Hall–Kier alpha value is -3.39. The summed E-state index contributed by atoms with van der Waals surface area (Å²) in [7, 11) is 0. The van der Waals surface area contributed by atoms with Gasteiger partial charge in [0.1, 0.15) is 5.69 Å². The number of pyridine rings is 1. The molecule has 134 valence electrons. The van der Waals surface area contributed by atoms with Gasteiger partial charge < -0.3 is 5.32 Å². The van der Waals surface area contributed by atoms with Crippen LogP contribution in [0.3, 0.4) is 0 Å². The molecule has 0 bridgehead atoms. The largest absolute Gasteiger partial charge is 0.349 e. The maximum absolute atomic E-state index is 12.6. The van der Waals surface area contributed by atoms with Crippen molar-refractivity contribution in [2.75, 3.05) is 0 Å². The summed E-state index contributed by atoms with van der Waals surface area (Å²) >= 11 is 0. The standard InChI is InChI=1S/C22H20N4O/c27-22(25-20-7-1-2-8-20)18-10-12-21(26-15-5-14-24-26)17(16-18)9-11-19-6-3-4-13-23-19/h3-6,10,12-16,20H,1-2,7-8H2,(H,25,27). The third-order valence-electron chi connectivity index (χ3n) is 4.69. The Morgan fingerprint density at radius 1 is 1.07 bits per heavy atom. The second kappa shape index (κ2) is 7.88. The third kappa shape index (κ3) is 4.06. The Morgan fingerprint density at radius 2 is 1.96 bits per heavy atom. The van der Waals surface area contributed by atoms with E-state index in [1.165, 1.54) is 12.8 Å². The fourth-order valence-electron chi connectivity index (χ4n) is 3.30. The van der Waals surface area contributed by atoms with Crippen molar-refractivity contribution in [3.8, 4) is 17.5 Å². The highest BCUT2D eigenvalue weighted by molar-refractivity contribution is 5.95. The van der Waals surface area contributed by atoms with Gasteiger partial charge in [0.25, 0.3) is 5.91 Å². The second-order valence-electron chi connectivity index (χ2n) is 6.60. The molecule has 3 aromatic rings. The van der Waals surface area contributed by atoms with Crippen molar-refractivity contribution in [1.82, 2.24) is 20.1 Å². The van der Waals surface area contributed by atoms with Crippen LogP contribution in [-0.2, 0) is 0 Å². The minimum Gasteiger partial charge on any atom is -0.349 e. The number of aromatic nitrogens is 3. The topological polar surface area (TPSA) is 59.8 Å². The molecule has 2 aromatic heterocycles. The third-order valence-corrected chi connectivity index (χ3v) is 4.69. The molecule has 1 amide bonds. The van der Waals surface area contributed by atoms with Gasteiger partial charge in [0.05, 0.1) is 11.3 Å². The van der Waals surface area contributed by atoms with E-state index < -0.39 is 0 Å².